The first-order chi connectivity index (χ1) is 7.50. The molecule has 0 bridgehead atoms. The summed E-state index contributed by atoms with van der Waals surface area (Å²) in [6.07, 6.45) is 0.957. The van der Waals surface area contributed by atoms with Crippen LogP contribution < -0.4 is 4.90 Å². The van der Waals surface area contributed by atoms with Gasteiger partial charge in [-0.3, -0.25) is 4.79 Å². The summed E-state index contributed by atoms with van der Waals surface area (Å²) in [5.41, 5.74) is 3.32. The highest BCUT2D eigenvalue weighted by Gasteiger charge is 2.29. The molecule has 1 heterocycles. The van der Waals surface area contributed by atoms with Crippen molar-refractivity contribution >= 4 is 23.3 Å². The summed E-state index contributed by atoms with van der Waals surface area (Å²) in [7, 11) is 1.93. The normalized spacial score (nSPS) is 18.7. The summed E-state index contributed by atoms with van der Waals surface area (Å²) in [5.74, 6) is -0.756. The van der Waals surface area contributed by atoms with Gasteiger partial charge in [0.25, 0.3) is 0 Å². The molecule has 4 heteroatoms. The molecule has 0 saturated carbocycles. The highest BCUT2D eigenvalue weighted by atomic mass is 35.5. The molecule has 1 N–H and O–H groups in total. The molecular weight excluding hydrogens is 226 g/mol. The molecule has 0 fully saturated rings. The summed E-state index contributed by atoms with van der Waals surface area (Å²) in [6, 6.07) is 3.92. The van der Waals surface area contributed by atoms with Gasteiger partial charge in [0.05, 0.1) is 6.42 Å². The Morgan fingerprint density at radius 3 is 2.94 bits per heavy atom. The smallest absolute Gasteiger partial charge is 0.305 e. The van der Waals surface area contributed by atoms with Crippen LogP contribution in [-0.2, 0) is 11.2 Å². The van der Waals surface area contributed by atoms with Crippen LogP contribution in [0, 0.1) is 6.92 Å². The number of halogens is 1. The van der Waals surface area contributed by atoms with Crippen LogP contribution in [0.3, 0.4) is 0 Å². The van der Waals surface area contributed by atoms with E-state index in [0.29, 0.717) is 0 Å². The molecular formula is C12H14ClNO2. The maximum Gasteiger partial charge on any atom is 0.305 e. The van der Waals surface area contributed by atoms with Crippen LogP contribution in [-0.4, -0.2) is 24.2 Å². The van der Waals surface area contributed by atoms with Gasteiger partial charge in [-0.2, -0.15) is 0 Å². The van der Waals surface area contributed by atoms with Crippen molar-refractivity contribution < 1.29 is 9.90 Å². The van der Waals surface area contributed by atoms with E-state index in [1.165, 1.54) is 5.56 Å². The highest BCUT2D eigenvalue weighted by Crippen LogP contribution is 2.38. The number of hydrogen-bond acceptors (Lipinski definition) is 2. The number of carbonyl (C=O) groups is 1. The molecule has 0 saturated heterocycles. The molecule has 0 amide bonds. The van der Waals surface area contributed by atoms with Gasteiger partial charge < -0.3 is 10.0 Å². The van der Waals surface area contributed by atoms with Crippen molar-refractivity contribution in [3.05, 3.63) is 28.3 Å². The van der Waals surface area contributed by atoms with Crippen LogP contribution in [0.4, 0.5) is 5.69 Å². The fourth-order valence-corrected chi connectivity index (χ4v) is 2.52. The van der Waals surface area contributed by atoms with E-state index in [1.54, 1.807) is 0 Å². The summed E-state index contributed by atoms with van der Waals surface area (Å²) in [6.45, 7) is 1.97. The van der Waals surface area contributed by atoms with Gasteiger partial charge in [-0.25, -0.2) is 0 Å². The van der Waals surface area contributed by atoms with E-state index < -0.39 is 5.97 Å². The number of fused-ring (bicyclic) bond motifs is 1. The lowest BCUT2D eigenvalue weighted by molar-refractivity contribution is -0.137. The number of aliphatic carboxylic acids is 1. The van der Waals surface area contributed by atoms with Gasteiger partial charge >= 0.3 is 5.97 Å². The Balaban J connectivity index is 2.35. The third-order valence-corrected chi connectivity index (χ3v) is 3.62. The van der Waals surface area contributed by atoms with Gasteiger partial charge in [0.15, 0.2) is 0 Å². The van der Waals surface area contributed by atoms with E-state index in [4.69, 9.17) is 16.7 Å². The number of hydrogen-bond donors (Lipinski definition) is 1. The van der Waals surface area contributed by atoms with Crippen molar-refractivity contribution in [2.45, 2.75) is 25.8 Å². The zero-order chi connectivity index (χ0) is 11.9. The number of likely N-dealkylation sites (N-methyl/N-ethyl adjacent to an activating group) is 1. The number of nitrogens with zero attached hydrogens (tertiary/aromatic N) is 1. The van der Waals surface area contributed by atoms with Gasteiger partial charge in [0.1, 0.15) is 0 Å². The van der Waals surface area contributed by atoms with E-state index in [0.717, 1.165) is 22.7 Å². The fraction of sp³-hybridized carbons (Fsp3) is 0.417. The Hall–Kier alpha value is -1.22. The quantitative estimate of drug-likeness (QED) is 0.862. The molecule has 0 radical (unpaired) electrons. The predicted octanol–water partition coefficient (Wildman–Crippen LogP) is 2.48. The molecule has 1 aliphatic rings. The maximum atomic E-state index is 10.8. The minimum atomic E-state index is -0.756. The maximum absolute atomic E-state index is 10.8. The minimum absolute atomic E-state index is 0.0460. The van der Waals surface area contributed by atoms with Crippen molar-refractivity contribution in [3.8, 4) is 0 Å². The Labute approximate surface area is 99.6 Å². The number of benzene rings is 1. The third kappa shape index (κ3) is 1.76. The second-order valence-corrected chi connectivity index (χ2v) is 4.65. The number of carboxylic acids is 1. The van der Waals surface area contributed by atoms with Crippen LogP contribution in [0.1, 0.15) is 17.5 Å². The number of rotatable bonds is 2. The van der Waals surface area contributed by atoms with E-state index in [-0.39, 0.29) is 12.5 Å². The van der Waals surface area contributed by atoms with Crippen molar-refractivity contribution in [3.63, 3.8) is 0 Å². The molecule has 16 heavy (non-hydrogen) atoms. The first-order valence-electron chi connectivity index (χ1n) is 5.23. The summed E-state index contributed by atoms with van der Waals surface area (Å²) >= 11 is 6.07. The van der Waals surface area contributed by atoms with Gasteiger partial charge in [-0.1, -0.05) is 17.7 Å². The van der Waals surface area contributed by atoms with E-state index in [9.17, 15) is 4.79 Å². The topological polar surface area (TPSA) is 40.5 Å². The van der Waals surface area contributed by atoms with Gasteiger partial charge in [0, 0.05) is 23.8 Å². The van der Waals surface area contributed by atoms with E-state index in [2.05, 4.69) is 0 Å². The molecule has 0 aromatic heterocycles. The lowest BCUT2D eigenvalue weighted by Gasteiger charge is -2.22. The molecule has 3 nitrogen and oxygen atoms in total. The monoisotopic (exact) mass is 239 g/mol. The lowest BCUT2D eigenvalue weighted by atomic mass is 10.1. The zero-order valence-electron chi connectivity index (χ0n) is 9.33. The first-order valence-corrected chi connectivity index (χ1v) is 5.61. The second-order valence-electron chi connectivity index (χ2n) is 4.25. The number of carboxylic acid groups (broad SMARTS) is 1. The molecule has 1 aliphatic heterocycles. The summed E-state index contributed by atoms with van der Waals surface area (Å²) < 4.78 is 0. The van der Waals surface area contributed by atoms with Crippen molar-refractivity contribution in [2.75, 3.05) is 11.9 Å². The molecule has 1 atom stereocenters. The van der Waals surface area contributed by atoms with Crippen molar-refractivity contribution in [1.29, 1.82) is 0 Å². The van der Waals surface area contributed by atoms with Crippen LogP contribution >= 0.6 is 11.6 Å². The van der Waals surface area contributed by atoms with Gasteiger partial charge in [-0.15, -0.1) is 0 Å². The minimum Gasteiger partial charge on any atom is -0.481 e. The summed E-state index contributed by atoms with van der Waals surface area (Å²) in [5, 5.41) is 9.58. The Kier molecular flexibility index (Phi) is 2.80. The molecule has 86 valence electrons. The van der Waals surface area contributed by atoms with Gasteiger partial charge in [-0.05, 0) is 30.5 Å². The predicted molar refractivity (Wildman–Crippen MR) is 64.3 cm³/mol. The Morgan fingerprint density at radius 2 is 2.31 bits per heavy atom. The fourth-order valence-electron chi connectivity index (χ4n) is 2.37. The third-order valence-electron chi connectivity index (χ3n) is 3.21. The van der Waals surface area contributed by atoms with Crippen LogP contribution in [0.2, 0.25) is 5.02 Å². The van der Waals surface area contributed by atoms with Gasteiger partial charge in [0.2, 0.25) is 0 Å². The first kappa shape index (κ1) is 11.3. The molecule has 2 rings (SSSR count). The van der Waals surface area contributed by atoms with E-state index in [1.807, 2.05) is 31.0 Å². The van der Waals surface area contributed by atoms with Crippen molar-refractivity contribution in [1.82, 2.24) is 0 Å². The zero-order valence-corrected chi connectivity index (χ0v) is 10.1. The lowest BCUT2D eigenvalue weighted by Crippen LogP contribution is -2.30. The van der Waals surface area contributed by atoms with Crippen LogP contribution in [0.5, 0.6) is 0 Å². The van der Waals surface area contributed by atoms with Crippen LogP contribution in [0.15, 0.2) is 12.1 Å². The molecule has 0 spiro atoms. The SMILES string of the molecule is Cc1c(Cl)ccc2c1N(C)C(CC(=O)O)C2. The van der Waals surface area contributed by atoms with Crippen molar-refractivity contribution in [2.24, 2.45) is 0 Å². The summed E-state index contributed by atoms with van der Waals surface area (Å²) in [4.78, 5) is 12.8. The molecule has 0 aliphatic carbocycles. The average Bonchev–Trinajstić information content (AvgIpc) is 2.50. The average molecular weight is 240 g/mol. The number of anilines is 1. The Morgan fingerprint density at radius 1 is 1.62 bits per heavy atom. The highest BCUT2D eigenvalue weighted by molar-refractivity contribution is 6.31. The molecule has 1 unspecified atom stereocenters. The van der Waals surface area contributed by atoms with Crippen LogP contribution in [0.25, 0.3) is 0 Å². The second kappa shape index (κ2) is 3.98. The Bertz CT molecular complexity index is 445. The van der Waals surface area contributed by atoms with E-state index >= 15 is 0 Å². The molecule has 1 aromatic rings. The standard InChI is InChI=1S/C12H14ClNO2/c1-7-10(13)4-3-8-5-9(6-11(15)16)14(2)12(7)8/h3-4,9H,5-6H2,1-2H3,(H,15,16). The largest absolute Gasteiger partial charge is 0.481 e. The molecule has 1 aromatic carbocycles.